The molecule has 128 valence electrons. The Kier molecular flexibility index (Phi) is 3.41. The van der Waals surface area contributed by atoms with Crippen molar-refractivity contribution in [2.24, 2.45) is 4.99 Å². The molecule has 0 aliphatic heterocycles. The van der Waals surface area contributed by atoms with E-state index in [2.05, 4.69) is 4.99 Å². The van der Waals surface area contributed by atoms with Gasteiger partial charge in [-0.1, -0.05) is 60.7 Å². The van der Waals surface area contributed by atoms with Gasteiger partial charge in [0.15, 0.2) is 5.78 Å². The van der Waals surface area contributed by atoms with E-state index in [4.69, 9.17) is 0 Å². The summed E-state index contributed by atoms with van der Waals surface area (Å²) in [4.78, 5) is 17.5. The van der Waals surface area contributed by atoms with E-state index in [0.29, 0.717) is 11.1 Å². The molecule has 0 bridgehead atoms. The second kappa shape index (κ2) is 5.92. The molecule has 0 aromatic heterocycles. The highest BCUT2D eigenvalue weighted by molar-refractivity contribution is 6.27. The van der Waals surface area contributed by atoms with Crippen molar-refractivity contribution in [1.29, 1.82) is 0 Å². The maximum absolute atomic E-state index is 13.0. The highest BCUT2D eigenvalue weighted by atomic mass is 16.3. The molecule has 0 radical (unpaired) electrons. The Morgan fingerprint density at radius 3 is 2.30 bits per heavy atom. The zero-order chi connectivity index (χ0) is 18.4. The molecule has 0 fully saturated rings. The first-order valence-corrected chi connectivity index (χ1v) is 8.76. The van der Waals surface area contributed by atoms with Crippen LogP contribution >= 0.6 is 0 Å². The first-order chi connectivity index (χ1) is 13.2. The molecule has 3 heteroatoms. The van der Waals surface area contributed by atoms with Gasteiger partial charge in [0.1, 0.15) is 5.75 Å². The van der Waals surface area contributed by atoms with Crippen LogP contribution in [0.1, 0.15) is 21.5 Å². The van der Waals surface area contributed by atoms with Crippen LogP contribution in [0.5, 0.6) is 5.75 Å². The zero-order valence-electron chi connectivity index (χ0n) is 14.4. The Hall–Kier alpha value is -3.72. The first kappa shape index (κ1) is 15.5. The average molecular weight is 349 g/mol. The Morgan fingerprint density at radius 2 is 1.44 bits per heavy atom. The second-order valence-corrected chi connectivity index (χ2v) is 6.55. The second-order valence-electron chi connectivity index (χ2n) is 6.55. The van der Waals surface area contributed by atoms with Gasteiger partial charge in [-0.25, -0.2) is 0 Å². The van der Waals surface area contributed by atoms with Crippen LogP contribution < -0.4 is 0 Å². The fourth-order valence-corrected chi connectivity index (χ4v) is 3.71. The fraction of sp³-hybridized carbons (Fsp3) is 0. The van der Waals surface area contributed by atoms with Gasteiger partial charge < -0.3 is 5.11 Å². The molecule has 4 aromatic rings. The Labute approximate surface area is 156 Å². The first-order valence-electron chi connectivity index (χ1n) is 8.76. The van der Waals surface area contributed by atoms with Gasteiger partial charge in [-0.15, -0.1) is 0 Å². The molecule has 0 saturated heterocycles. The number of para-hydroxylation sites is 1. The molecule has 3 nitrogen and oxygen atoms in total. The number of hydrogen-bond acceptors (Lipinski definition) is 3. The highest BCUT2D eigenvalue weighted by Gasteiger charge is 2.25. The summed E-state index contributed by atoms with van der Waals surface area (Å²) in [5.74, 6) is 0.235. The van der Waals surface area contributed by atoms with Crippen LogP contribution in [0, 0.1) is 0 Å². The smallest absolute Gasteiger partial charge is 0.194 e. The minimum Gasteiger partial charge on any atom is -0.507 e. The number of ketones is 1. The van der Waals surface area contributed by atoms with Gasteiger partial charge in [-0.2, -0.15) is 0 Å². The lowest BCUT2D eigenvalue weighted by Crippen LogP contribution is -2.09. The number of carbonyl (C=O) groups excluding carboxylic acids is 1. The van der Waals surface area contributed by atoms with Crippen molar-refractivity contribution in [2.75, 3.05) is 0 Å². The van der Waals surface area contributed by atoms with Crippen LogP contribution in [0.25, 0.3) is 21.9 Å². The van der Waals surface area contributed by atoms with Gasteiger partial charge in [0.2, 0.25) is 0 Å². The molecule has 0 unspecified atom stereocenters. The monoisotopic (exact) mass is 349 g/mol. The fourth-order valence-electron chi connectivity index (χ4n) is 3.71. The average Bonchev–Trinajstić information content (AvgIpc) is 2.71. The molecular formula is C24H15NO2. The van der Waals surface area contributed by atoms with E-state index in [9.17, 15) is 9.90 Å². The summed E-state index contributed by atoms with van der Waals surface area (Å²) in [6, 6.07) is 24.5. The summed E-state index contributed by atoms with van der Waals surface area (Å²) in [5.41, 5.74) is 4.88. The number of phenolic OH excluding ortho intramolecular Hbond substituents is 1. The molecule has 0 saturated carbocycles. The van der Waals surface area contributed by atoms with E-state index in [0.717, 1.165) is 33.2 Å². The Balaban J connectivity index is 1.74. The van der Waals surface area contributed by atoms with Gasteiger partial charge in [0.05, 0.1) is 5.69 Å². The predicted molar refractivity (Wildman–Crippen MR) is 108 cm³/mol. The van der Waals surface area contributed by atoms with E-state index >= 15 is 0 Å². The number of phenols is 1. The third-order valence-electron chi connectivity index (χ3n) is 5.00. The third-order valence-corrected chi connectivity index (χ3v) is 5.00. The van der Waals surface area contributed by atoms with Crippen LogP contribution in [-0.4, -0.2) is 17.1 Å². The van der Waals surface area contributed by atoms with Gasteiger partial charge >= 0.3 is 0 Å². The van der Waals surface area contributed by atoms with Crippen LogP contribution in [0.3, 0.4) is 0 Å². The normalized spacial score (nSPS) is 12.5. The topological polar surface area (TPSA) is 49.7 Å². The Morgan fingerprint density at radius 1 is 0.704 bits per heavy atom. The van der Waals surface area contributed by atoms with Crippen molar-refractivity contribution in [3.8, 4) is 16.9 Å². The lowest BCUT2D eigenvalue weighted by molar-refractivity contribution is 0.104. The number of nitrogens with zero attached hydrogens (tertiary/aromatic N) is 1. The lowest BCUT2D eigenvalue weighted by Gasteiger charge is -2.20. The molecule has 0 heterocycles. The highest BCUT2D eigenvalue weighted by Crippen LogP contribution is 2.42. The van der Waals surface area contributed by atoms with E-state index in [-0.39, 0.29) is 11.5 Å². The van der Waals surface area contributed by atoms with E-state index < -0.39 is 0 Å². The molecule has 1 N–H and O–H groups in total. The molecule has 0 atom stereocenters. The standard InChI is InChI=1S/C24H15NO2/c26-22-11-4-1-6-15(22)14-25-21-13-12-17-16-7-2-3-8-18(16)24(27)20-10-5-9-19(21)23(17)20/h1-14,26H. The van der Waals surface area contributed by atoms with Crippen LogP contribution in [0.4, 0.5) is 5.69 Å². The summed E-state index contributed by atoms with van der Waals surface area (Å²) in [7, 11) is 0. The lowest BCUT2D eigenvalue weighted by atomic mass is 9.82. The molecule has 1 aliphatic rings. The van der Waals surface area contributed by atoms with Crippen molar-refractivity contribution in [3.05, 3.63) is 95.6 Å². The number of fused-ring (bicyclic) bond motifs is 2. The number of benzene rings is 4. The van der Waals surface area contributed by atoms with E-state index in [1.165, 1.54) is 0 Å². The third kappa shape index (κ3) is 2.36. The minimum absolute atomic E-state index is 0.0468. The van der Waals surface area contributed by atoms with Crippen LogP contribution in [-0.2, 0) is 0 Å². The summed E-state index contributed by atoms with van der Waals surface area (Å²) >= 11 is 0. The summed E-state index contributed by atoms with van der Waals surface area (Å²) in [6.07, 6.45) is 1.65. The van der Waals surface area contributed by atoms with Crippen molar-refractivity contribution in [1.82, 2.24) is 0 Å². The van der Waals surface area contributed by atoms with Gasteiger partial charge in [-0.05, 0) is 29.3 Å². The van der Waals surface area contributed by atoms with Crippen molar-refractivity contribution >= 4 is 28.5 Å². The molecule has 5 rings (SSSR count). The summed E-state index contributed by atoms with van der Waals surface area (Å²) in [5, 5.41) is 11.8. The largest absolute Gasteiger partial charge is 0.507 e. The van der Waals surface area contributed by atoms with E-state index in [1.807, 2.05) is 66.7 Å². The number of carbonyl (C=O) groups is 1. The summed E-state index contributed by atoms with van der Waals surface area (Å²) in [6.45, 7) is 0. The van der Waals surface area contributed by atoms with Crippen molar-refractivity contribution in [2.45, 2.75) is 0 Å². The minimum atomic E-state index is 0.0468. The quantitative estimate of drug-likeness (QED) is 0.427. The predicted octanol–water partition coefficient (Wildman–Crippen LogP) is 5.51. The van der Waals surface area contributed by atoms with Crippen molar-refractivity contribution in [3.63, 3.8) is 0 Å². The van der Waals surface area contributed by atoms with Gasteiger partial charge in [-0.3, -0.25) is 9.79 Å². The molecule has 1 aliphatic carbocycles. The number of rotatable bonds is 2. The van der Waals surface area contributed by atoms with Gasteiger partial charge in [0, 0.05) is 33.7 Å². The Bertz CT molecular complexity index is 1250. The number of hydrogen-bond donors (Lipinski definition) is 1. The van der Waals surface area contributed by atoms with Crippen molar-refractivity contribution < 1.29 is 9.90 Å². The van der Waals surface area contributed by atoms with E-state index in [1.54, 1.807) is 18.3 Å². The van der Waals surface area contributed by atoms with Gasteiger partial charge in [0.25, 0.3) is 0 Å². The molecule has 0 amide bonds. The zero-order valence-corrected chi connectivity index (χ0v) is 14.4. The maximum atomic E-state index is 13.0. The summed E-state index contributed by atoms with van der Waals surface area (Å²) < 4.78 is 0. The molecule has 0 spiro atoms. The SMILES string of the molecule is O=C1c2ccccc2-c2ccc(N=Cc3ccccc3O)c3cccc1c23. The number of aromatic hydroxyl groups is 1. The molecule has 4 aromatic carbocycles. The molecule has 27 heavy (non-hydrogen) atoms. The van der Waals surface area contributed by atoms with Crippen LogP contribution in [0.2, 0.25) is 0 Å². The molecular weight excluding hydrogens is 334 g/mol. The maximum Gasteiger partial charge on any atom is 0.194 e. The van der Waals surface area contributed by atoms with Crippen LogP contribution in [0.15, 0.2) is 83.9 Å². The number of aliphatic imine (C=N–C) groups is 1.